The predicted molar refractivity (Wildman–Crippen MR) is 95.8 cm³/mol. The molecule has 1 N–H and O–H groups in total. The van der Waals surface area contributed by atoms with Gasteiger partial charge in [-0.3, -0.25) is 15.1 Å². The third-order valence-electron chi connectivity index (χ3n) is 3.48. The molecule has 0 fully saturated rings. The Kier molecular flexibility index (Phi) is 5.26. The van der Waals surface area contributed by atoms with Gasteiger partial charge in [-0.1, -0.05) is 0 Å². The lowest BCUT2D eigenvalue weighted by molar-refractivity contribution is -0.385. The molecule has 2 aromatic heterocycles. The molecule has 3 rings (SSSR count). The van der Waals surface area contributed by atoms with Gasteiger partial charge in [0.05, 0.1) is 31.0 Å². The van der Waals surface area contributed by atoms with Crippen molar-refractivity contribution in [2.75, 3.05) is 19.5 Å². The Morgan fingerprint density at radius 2 is 1.96 bits per heavy atom. The van der Waals surface area contributed by atoms with E-state index in [0.29, 0.717) is 22.9 Å². The predicted octanol–water partition coefficient (Wildman–Crippen LogP) is 3.33. The number of nitro groups is 1. The number of nitrogens with one attached hydrogen (secondary N) is 1. The molecule has 0 unspecified atom stereocenters. The van der Waals surface area contributed by atoms with Gasteiger partial charge in [0.25, 0.3) is 0 Å². The number of hydrogen-bond acceptors (Lipinski definition) is 9. The summed E-state index contributed by atoms with van der Waals surface area (Å²) in [4.78, 5) is 22.8. The van der Waals surface area contributed by atoms with Crippen molar-refractivity contribution in [3.63, 3.8) is 0 Å². The van der Waals surface area contributed by atoms with E-state index in [1.807, 2.05) is 0 Å². The molecule has 0 amide bonds. The van der Waals surface area contributed by atoms with Crippen LogP contribution in [0.2, 0.25) is 0 Å². The number of aromatic nitrogens is 3. The Balaban J connectivity index is 2.01. The molecule has 0 bridgehead atoms. The lowest BCUT2D eigenvalue weighted by Crippen LogP contribution is -2.04. The van der Waals surface area contributed by atoms with Crippen LogP contribution in [0.15, 0.2) is 49.1 Å². The van der Waals surface area contributed by atoms with Crippen LogP contribution in [0, 0.1) is 10.1 Å². The summed E-state index contributed by atoms with van der Waals surface area (Å²) in [6, 6.07) is 8.25. The van der Waals surface area contributed by atoms with Gasteiger partial charge < -0.3 is 19.5 Å². The molecule has 0 aliphatic heterocycles. The van der Waals surface area contributed by atoms with Crippen molar-refractivity contribution in [2.45, 2.75) is 0 Å². The average molecular weight is 369 g/mol. The first-order valence-corrected chi connectivity index (χ1v) is 7.68. The molecular weight excluding hydrogens is 354 g/mol. The Morgan fingerprint density at radius 3 is 2.63 bits per heavy atom. The van der Waals surface area contributed by atoms with Gasteiger partial charge in [-0.25, -0.2) is 4.98 Å². The third kappa shape index (κ3) is 4.00. The number of hydrogen-bond donors (Lipinski definition) is 1. The number of anilines is 2. The minimum Gasteiger partial charge on any atom is -0.497 e. The topological polar surface area (TPSA) is 122 Å². The smallest absolute Gasteiger partial charge is 0.373 e. The third-order valence-corrected chi connectivity index (χ3v) is 3.48. The summed E-state index contributed by atoms with van der Waals surface area (Å²) in [7, 11) is 3.00. The van der Waals surface area contributed by atoms with E-state index in [4.69, 9.17) is 14.2 Å². The van der Waals surface area contributed by atoms with Crippen LogP contribution >= 0.6 is 0 Å². The summed E-state index contributed by atoms with van der Waals surface area (Å²) in [5.41, 5.74) is 0.0113. The maximum Gasteiger partial charge on any atom is 0.373 e. The van der Waals surface area contributed by atoms with Crippen molar-refractivity contribution in [1.29, 1.82) is 0 Å². The Morgan fingerprint density at radius 1 is 1.11 bits per heavy atom. The van der Waals surface area contributed by atoms with Gasteiger partial charge >= 0.3 is 11.6 Å². The summed E-state index contributed by atoms with van der Waals surface area (Å²) < 4.78 is 16.0. The van der Waals surface area contributed by atoms with Crippen molar-refractivity contribution in [2.24, 2.45) is 0 Å². The SMILES string of the molecule is COc1ccc(OC)c(Nc2ncnc(Oc3cccnc3)c2[N+](=O)[O-])c1. The monoisotopic (exact) mass is 369 g/mol. The first kappa shape index (κ1) is 17.9. The normalized spacial score (nSPS) is 10.1. The molecule has 138 valence electrons. The van der Waals surface area contributed by atoms with E-state index in [-0.39, 0.29) is 11.7 Å². The molecule has 1 aromatic carbocycles. The van der Waals surface area contributed by atoms with E-state index in [1.165, 1.54) is 20.4 Å². The molecule has 0 radical (unpaired) electrons. The van der Waals surface area contributed by atoms with Crippen LogP contribution in [0.4, 0.5) is 17.2 Å². The number of benzene rings is 1. The van der Waals surface area contributed by atoms with Crippen LogP contribution in [0.3, 0.4) is 0 Å². The fourth-order valence-electron chi connectivity index (χ4n) is 2.25. The van der Waals surface area contributed by atoms with Gasteiger partial charge in [0.15, 0.2) is 0 Å². The van der Waals surface area contributed by atoms with Crippen molar-refractivity contribution in [3.05, 3.63) is 59.2 Å². The minimum absolute atomic E-state index is 0.0551. The second-order valence-electron chi connectivity index (χ2n) is 5.12. The molecule has 0 atom stereocenters. The van der Waals surface area contributed by atoms with Crippen molar-refractivity contribution in [3.8, 4) is 23.1 Å². The maximum absolute atomic E-state index is 11.6. The summed E-state index contributed by atoms with van der Waals surface area (Å²) in [5, 5.41) is 14.5. The van der Waals surface area contributed by atoms with Crippen LogP contribution in [-0.2, 0) is 0 Å². The van der Waals surface area contributed by atoms with Crippen LogP contribution < -0.4 is 19.5 Å². The number of rotatable bonds is 7. The molecule has 3 aromatic rings. The van der Waals surface area contributed by atoms with Gasteiger partial charge in [-0.15, -0.1) is 0 Å². The zero-order valence-electron chi connectivity index (χ0n) is 14.4. The van der Waals surface area contributed by atoms with Crippen LogP contribution in [0.25, 0.3) is 0 Å². The van der Waals surface area contributed by atoms with E-state index >= 15 is 0 Å². The van der Waals surface area contributed by atoms with Gasteiger partial charge in [-0.2, -0.15) is 4.98 Å². The summed E-state index contributed by atoms with van der Waals surface area (Å²) in [5.74, 6) is 1.04. The molecule has 2 heterocycles. The van der Waals surface area contributed by atoms with E-state index in [1.54, 1.807) is 36.5 Å². The molecule has 0 spiro atoms. The van der Waals surface area contributed by atoms with Gasteiger partial charge in [0, 0.05) is 12.3 Å². The molecule has 0 aliphatic rings. The van der Waals surface area contributed by atoms with Gasteiger partial charge in [0.2, 0.25) is 5.82 Å². The first-order valence-electron chi connectivity index (χ1n) is 7.68. The molecule has 10 nitrogen and oxygen atoms in total. The first-order chi connectivity index (χ1) is 13.1. The Labute approximate surface area is 153 Å². The fourth-order valence-corrected chi connectivity index (χ4v) is 2.25. The second-order valence-corrected chi connectivity index (χ2v) is 5.12. The number of pyridine rings is 1. The highest BCUT2D eigenvalue weighted by Crippen LogP contribution is 2.38. The van der Waals surface area contributed by atoms with E-state index in [9.17, 15) is 10.1 Å². The summed E-state index contributed by atoms with van der Waals surface area (Å²) >= 11 is 0. The molecular formula is C17H15N5O5. The highest BCUT2D eigenvalue weighted by Gasteiger charge is 2.26. The van der Waals surface area contributed by atoms with Crippen molar-refractivity contribution in [1.82, 2.24) is 15.0 Å². The number of methoxy groups -OCH3 is 2. The minimum atomic E-state index is -0.624. The van der Waals surface area contributed by atoms with Crippen LogP contribution in [0.5, 0.6) is 23.1 Å². The maximum atomic E-state index is 11.6. The van der Waals surface area contributed by atoms with E-state index in [2.05, 4.69) is 20.3 Å². The molecule has 0 saturated carbocycles. The lowest BCUT2D eigenvalue weighted by Gasteiger charge is -2.13. The molecule has 27 heavy (non-hydrogen) atoms. The van der Waals surface area contributed by atoms with Crippen LogP contribution in [0.1, 0.15) is 0 Å². The quantitative estimate of drug-likeness (QED) is 0.493. The molecule has 0 saturated heterocycles. The second kappa shape index (κ2) is 7.95. The zero-order valence-corrected chi connectivity index (χ0v) is 14.4. The van der Waals surface area contributed by atoms with E-state index in [0.717, 1.165) is 6.33 Å². The van der Waals surface area contributed by atoms with Gasteiger partial charge in [0.1, 0.15) is 23.6 Å². The lowest BCUT2D eigenvalue weighted by atomic mass is 10.2. The molecule has 10 heteroatoms. The largest absolute Gasteiger partial charge is 0.497 e. The average Bonchev–Trinajstić information content (AvgIpc) is 2.68. The Bertz CT molecular complexity index is 952. The summed E-state index contributed by atoms with van der Waals surface area (Å²) in [6.45, 7) is 0. The van der Waals surface area contributed by atoms with Crippen LogP contribution in [-0.4, -0.2) is 34.1 Å². The number of nitrogens with zero attached hydrogens (tertiary/aromatic N) is 4. The van der Waals surface area contributed by atoms with Crippen molar-refractivity contribution < 1.29 is 19.1 Å². The summed E-state index contributed by atoms with van der Waals surface area (Å²) in [6.07, 6.45) is 4.14. The standard InChI is InChI=1S/C17H15N5O5/c1-25-11-5-6-14(26-2)13(8-11)21-16-15(22(23)24)17(20-10-19-16)27-12-4-3-7-18-9-12/h3-10H,1-2H3,(H,19,20,21). The highest BCUT2D eigenvalue weighted by atomic mass is 16.6. The van der Waals surface area contributed by atoms with E-state index < -0.39 is 10.6 Å². The Hall–Kier alpha value is -3.95. The van der Waals surface area contributed by atoms with Crippen molar-refractivity contribution >= 4 is 17.2 Å². The molecule has 0 aliphatic carbocycles. The fraction of sp³-hybridized carbons (Fsp3) is 0.118. The zero-order chi connectivity index (χ0) is 19.2. The van der Waals surface area contributed by atoms with Gasteiger partial charge in [-0.05, 0) is 24.3 Å². The highest BCUT2D eigenvalue weighted by molar-refractivity contribution is 5.73. The number of ether oxygens (including phenoxy) is 3.